The van der Waals surface area contributed by atoms with Crippen LogP contribution in [0.5, 0.6) is 0 Å². The molecule has 2 aromatic heterocycles. The number of nitrogens with one attached hydrogen (secondary N) is 1. The Morgan fingerprint density at radius 3 is 2.52 bits per heavy atom. The highest BCUT2D eigenvalue weighted by Gasteiger charge is 2.12. The number of anilines is 1. The third-order valence-electron chi connectivity index (χ3n) is 3.08. The quantitative estimate of drug-likeness (QED) is 0.549. The standard InChI is InChI=1S/C15H12N4O2/c16-12-3-1-10(2-4-12)14(20)18-15(21)11-5-6-19-9-17-8-13(19)7-11/h1-9H,16H2,(H,18,20,21). The Morgan fingerprint density at radius 2 is 1.76 bits per heavy atom. The number of carbonyl (C=O) groups is 2. The van der Waals surface area contributed by atoms with E-state index in [1.54, 1.807) is 59.5 Å². The molecule has 0 radical (unpaired) electrons. The third-order valence-corrected chi connectivity index (χ3v) is 3.08. The zero-order valence-electron chi connectivity index (χ0n) is 11.0. The number of nitrogens with zero attached hydrogens (tertiary/aromatic N) is 2. The van der Waals surface area contributed by atoms with Crippen molar-refractivity contribution in [2.45, 2.75) is 0 Å². The number of nitrogens with two attached hydrogens (primary N) is 1. The highest BCUT2D eigenvalue weighted by atomic mass is 16.2. The summed E-state index contributed by atoms with van der Waals surface area (Å²) in [7, 11) is 0. The Kier molecular flexibility index (Phi) is 3.12. The molecule has 0 aliphatic heterocycles. The van der Waals surface area contributed by atoms with Crippen LogP contribution in [0.3, 0.4) is 0 Å². The minimum Gasteiger partial charge on any atom is -0.399 e. The second-order valence-electron chi connectivity index (χ2n) is 4.55. The second kappa shape index (κ2) is 5.09. The van der Waals surface area contributed by atoms with E-state index in [4.69, 9.17) is 5.73 Å². The number of hydrogen-bond acceptors (Lipinski definition) is 4. The number of aromatic nitrogens is 2. The first-order chi connectivity index (χ1) is 10.1. The summed E-state index contributed by atoms with van der Waals surface area (Å²) in [5.41, 5.74) is 7.67. The summed E-state index contributed by atoms with van der Waals surface area (Å²) in [4.78, 5) is 28.0. The second-order valence-corrected chi connectivity index (χ2v) is 4.55. The van der Waals surface area contributed by atoms with Crippen molar-refractivity contribution in [3.05, 3.63) is 66.2 Å². The lowest BCUT2D eigenvalue weighted by atomic mass is 10.2. The van der Waals surface area contributed by atoms with Gasteiger partial charge in [0.2, 0.25) is 0 Å². The lowest BCUT2D eigenvalue weighted by Gasteiger charge is -2.05. The van der Waals surface area contributed by atoms with Gasteiger partial charge in [-0.05, 0) is 36.4 Å². The molecule has 0 bridgehead atoms. The molecule has 104 valence electrons. The minimum absolute atomic E-state index is 0.378. The topological polar surface area (TPSA) is 89.5 Å². The van der Waals surface area contributed by atoms with E-state index in [9.17, 15) is 9.59 Å². The van der Waals surface area contributed by atoms with Gasteiger partial charge in [0.1, 0.15) is 0 Å². The van der Waals surface area contributed by atoms with Crippen LogP contribution >= 0.6 is 0 Å². The smallest absolute Gasteiger partial charge is 0.258 e. The molecule has 0 aliphatic rings. The van der Waals surface area contributed by atoms with Gasteiger partial charge in [0.15, 0.2) is 0 Å². The number of imide groups is 1. The molecule has 6 nitrogen and oxygen atoms in total. The van der Waals surface area contributed by atoms with Crippen molar-refractivity contribution in [3.8, 4) is 0 Å². The molecule has 0 fully saturated rings. The van der Waals surface area contributed by atoms with E-state index >= 15 is 0 Å². The van der Waals surface area contributed by atoms with Gasteiger partial charge in [-0.2, -0.15) is 0 Å². The van der Waals surface area contributed by atoms with E-state index in [0.717, 1.165) is 5.52 Å². The molecular formula is C15H12N4O2. The molecule has 0 saturated heterocycles. The monoisotopic (exact) mass is 280 g/mol. The maximum atomic E-state index is 12.1. The average Bonchev–Trinajstić information content (AvgIpc) is 2.95. The van der Waals surface area contributed by atoms with Crippen molar-refractivity contribution in [2.75, 3.05) is 5.73 Å². The first-order valence-electron chi connectivity index (χ1n) is 6.26. The minimum atomic E-state index is -0.464. The fraction of sp³-hybridized carbons (Fsp3) is 0. The zero-order valence-corrected chi connectivity index (χ0v) is 11.0. The van der Waals surface area contributed by atoms with Gasteiger partial charge in [-0.15, -0.1) is 0 Å². The highest BCUT2D eigenvalue weighted by molar-refractivity contribution is 6.10. The molecule has 2 amide bonds. The van der Waals surface area contributed by atoms with Crippen LogP contribution in [-0.2, 0) is 0 Å². The molecule has 21 heavy (non-hydrogen) atoms. The maximum absolute atomic E-state index is 12.1. The molecule has 0 unspecified atom stereocenters. The molecule has 0 aliphatic carbocycles. The number of carbonyl (C=O) groups excluding carboxylic acids is 2. The average molecular weight is 280 g/mol. The van der Waals surface area contributed by atoms with Crippen molar-refractivity contribution < 1.29 is 9.59 Å². The van der Waals surface area contributed by atoms with E-state index in [-0.39, 0.29) is 0 Å². The van der Waals surface area contributed by atoms with Gasteiger partial charge in [0, 0.05) is 23.0 Å². The lowest BCUT2D eigenvalue weighted by Crippen LogP contribution is -2.30. The predicted molar refractivity (Wildman–Crippen MR) is 77.8 cm³/mol. The van der Waals surface area contributed by atoms with Crippen LogP contribution in [0.2, 0.25) is 0 Å². The fourth-order valence-electron chi connectivity index (χ4n) is 1.94. The molecule has 3 rings (SSSR count). The molecule has 1 aromatic carbocycles. The van der Waals surface area contributed by atoms with Crippen molar-refractivity contribution in [2.24, 2.45) is 0 Å². The van der Waals surface area contributed by atoms with E-state index in [1.807, 2.05) is 0 Å². The van der Waals surface area contributed by atoms with Crippen molar-refractivity contribution in [1.29, 1.82) is 0 Å². The maximum Gasteiger partial charge on any atom is 0.258 e. The summed E-state index contributed by atoms with van der Waals surface area (Å²) in [5.74, 6) is -0.922. The molecule has 3 aromatic rings. The van der Waals surface area contributed by atoms with Crippen molar-refractivity contribution in [3.63, 3.8) is 0 Å². The number of benzene rings is 1. The Labute approximate surface area is 120 Å². The van der Waals surface area contributed by atoms with E-state index < -0.39 is 11.8 Å². The SMILES string of the molecule is Nc1ccc(C(=O)NC(=O)c2ccn3cncc3c2)cc1. The molecular weight excluding hydrogens is 268 g/mol. The Balaban J connectivity index is 1.78. The van der Waals surface area contributed by atoms with Crippen LogP contribution < -0.4 is 11.1 Å². The fourth-order valence-corrected chi connectivity index (χ4v) is 1.94. The number of pyridine rings is 1. The van der Waals surface area contributed by atoms with Crippen LogP contribution in [0.4, 0.5) is 5.69 Å². The Hall–Kier alpha value is -3.15. The number of rotatable bonds is 2. The molecule has 2 heterocycles. The molecule has 3 N–H and O–H groups in total. The predicted octanol–water partition coefficient (Wildman–Crippen LogP) is 1.49. The number of fused-ring (bicyclic) bond motifs is 1. The molecule has 0 atom stereocenters. The lowest BCUT2D eigenvalue weighted by molar-refractivity contribution is 0.0849. The van der Waals surface area contributed by atoms with Gasteiger partial charge >= 0.3 is 0 Å². The zero-order chi connectivity index (χ0) is 14.8. The van der Waals surface area contributed by atoms with Crippen molar-refractivity contribution >= 4 is 23.0 Å². The van der Waals surface area contributed by atoms with Gasteiger partial charge < -0.3 is 10.1 Å². The summed E-state index contributed by atoms with van der Waals surface area (Å²) in [6, 6.07) is 9.64. The van der Waals surface area contributed by atoms with Crippen molar-refractivity contribution in [1.82, 2.24) is 14.7 Å². The van der Waals surface area contributed by atoms with Crippen LogP contribution in [0.15, 0.2) is 55.1 Å². The first kappa shape index (κ1) is 12.9. The Bertz CT molecular complexity index is 821. The van der Waals surface area contributed by atoms with E-state index in [2.05, 4.69) is 10.3 Å². The number of hydrogen-bond donors (Lipinski definition) is 2. The normalized spacial score (nSPS) is 10.5. The highest BCUT2D eigenvalue weighted by Crippen LogP contribution is 2.08. The van der Waals surface area contributed by atoms with Crippen LogP contribution in [0.25, 0.3) is 5.52 Å². The summed E-state index contributed by atoms with van der Waals surface area (Å²) in [5, 5.41) is 2.34. The molecule has 0 spiro atoms. The largest absolute Gasteiger partial charge is 0.399 e. The summed E-state index contributed by atoms with van der Waals surface area (Å²) < 4.78 is 1.78. The molecule has 6 heteroatoms. The Morgan fingerprint density at radius 1 is 1.05 bits per heavy atom. The van der Waals surface area contributed by atoms with E-state index in [0.29, 0.717) is 16.8 Å². The van der Waals surface area contributed by atoms with Gasteiger partial charge in [0.05, 0.1) is 18.0 Å². The number of nitrogen functional groups attached to an aromatic ring is 1. The first-order valence-corrected chi connectivity index (χ1v) is 6.26. The van der Waals surface area contributed by atoms with Gasteiger partial charge in [-0.25, -0.2) is 4.98 Å². The molecule has 0 saturated carbocycles. The summed E-state index contributed by atoms with van der Waals surface area (Å²) in [6.07, 6.45) is 4.99. The third kappa shape index (κ3) is 2.59. The van der Waals surface area contributed by atoms with Gasteiger partial charge in [0.25, 0.3) is 11.8 Å². The van der Waals surface area contributed by atoms with Gasteiger partial charge in [-0.1, -0.05) is 0 Å². The van der Waals surface area contributed by atoms with Crippen LogP contribution in [0, 0.1) is 0 Å². The number of amides is 2. The van der Waals surface area contributed by atoms with Gasteiger partial charge in [-0.3, -0.25) is 14.9 Å². The van der Waals surface area contributed by atoms with Crippen LogP contribution in [-0.4, -0.2) is 21.2 Å². The van der Waals surface area contributed by atoms with E-state index in [1.165, 1.54) is 0 Å². The number of imidazole rings is 1. The summed E-state index contributed by atoms with van der Waals surface area (Å²) >= 11 is 0. The van der Waals surface area contributed by atoms with Crippen LogP contribution in [0.1, 0.15) is 20.7 Å². The summed E-state index contributed by atoms with van der Waals surface area (Å²) in [6.45, 7) is 0.